The number of rotatable bonds is 9. The molecule has 0 N–H and O–H groups in total. The van der Waals surface area contributed by atoms with Crippen molar-refractivity contribution >= 4 is 11.9 Å². The molecule has 114 valence electrons. The van der Waals surface area contributed by atoms with Gasteiger partial charge in [0.05, 0.1) is 11.9 Å². The van der Waals surface area contributed by atoms with E-state index in [4.69, 9.17) is 0 Å². The molecular formula is C16H24Na2O4. The van der Waals surface area contributed by atoms with Gasteiger partial charge in [-0.25, -0.2) is 0 Å². The van der Waals surface area contributed by atoms with E-state index in [-0.39, 0.29) is 70.3 Å². The Kier molecular flexibility index (Phi) is 18.6. The number of carbonyl (C=O) groups excluding carboxylic acids is 2. The third-order valence-corrected chi connectivity index (χ3v) is 3.18. The Bertz CT molecular complexity index is 401. The Labute approximate surface area is 178 Å². The van der Waals surface area contributed by atoms with Crippen molar-refractivity contribution in [2.75, 3.05) is 0 Å². The van der Waals surface area contributed by atoms with E-state index >= 15 is 0 Å². The first-order valence-electron chi connectivity index (χ1n) is 7.05. The van der Waals surface area contributed by atoms with Crippen LogP contribution in [0.2, 0.25) is 0 Å². The van der Waals surface area contributed by atoms with Crippen molar-refractivity contribution in [1.82, 2.24) is 0 Å². The van der Waals surface area contributed by atoms with Crippen LogP contribution >= 0.6 is 0 Å². The Balaban J connectivity index is -0.00000180. The first-order chi connectivity index (χ1) is 9.23. The summed E-state index contributed by atoms with van der Waals surface area (Å²) in [6.45, 7) is 7.84. The normalized spacial score (nSPS) is 13.1. The standard InChI is InChI=1S/C16H26O4.2Na/c1-11(2)6-5-7-12(3)8-9-14(16(19)20)13(4)10-15(17)18;;/h9-12H,5-8H2,1-4H3,(H,17,18)(H,19,20);;/q;2*+1/p-2/b13-10+,14-9-;;. The van der Waals surface area contributed by atoms with Gasteiger partial charge in [-0.05, 0) is 42.4 Å². The number of hydrogen-bond acceptors (Lipinski definition) is 4. The van der Waals surface area contributed by atoms with Crippen LogP contribution in [0.25, 0.3) is 0 Å². The predicted molar refractivity (Wildman–Crippen MR) is 74.3 cm³/mol. The van der Waals surface area contributed by atoms with Crippen molar-refractivity contribution in [2.45, 2.75) is 53.4 Å². The molecule has 0 radical (unpaired) electrons. The fourth-order valence-electron chi connectivity index (χ4n) is 1.97. The van der Waals surface area contributed by atoms with E-state index in [0.717, 1.165) is 25.3 Å². The Hall–Kier alpha value is 0.420. The fraction of sp³-hybridized carbons (Fsp3) is 0.625. The van der Waals surface area contributed by atoms with Crippen LogP contribution in [0.15, 0.2) is 23.3 Å². The Morgan fingerprint density at radius 1 is 1.05 bits per heavy atom. The maximum atomic E-state index is 11.0. The Morgan fingerprint density at radius 2 is 1.59 bits per heavy atom. The quantitative estimate of drug-likeness (QED) is 0.242. The van der Waals surface area contributed by atoms with Crippen molar-refractivity contribution in [1.29, 1.82) is 0 Å². The molecule has 0 aromatic carbocycles. The summed E-state index contributed by atoms with van der Waals surface area (Å²) in [4.78, 5) is 21.5. The average Bonchev–Trinajstić information content (AvgIpc) is 2.26. The summed E-state index contributed by atoms with van der Waals surface area (Å²) in [6.07, 6.45) is 6.22. The van der Waals surface area contributed by atoms with E-state index in [0.29, 0.717) is 18.3 Å². The van der Waals surface area contributed by atoms with Gasteiger partial charge in [0.2, 0.25) is 0 Å². The molecule has 1 unspecified atom stereocenters. The second-order valence-electron chi connectivity index (χ2n) is 5.72. The van der Waals surface area contributed by atoms with Gasteiger partial charge in [-0.3, -0.25) is 0 Å². The molecule has 6 heteroatoms. The van der Waals surface area contributed by atoms with Crippen LogP contribution in [0.5, 0.6) is 0 Å². The molecule has 0 aliphatic rings. The summed E-state index contributed by atoms with van der Waals surface area (Å²) in [5.74, 6) is -1.72. The first kappa shape index (κ1) is 27.3. The number of aliphatic carboxylic acids is 2. The van der Waals surface area contributed by atoms with Crippen LogP contribution in [0.4, 0.5) is 0 Å². The summed E-state index contributed by atoms with van der Waals surface area (Å²) in [6, 6.07) is 0. The van der Waals surface area contributed by atoms with Gasteiger partial charge < -0.3 is 19.8 Å². The van der Waals surface area contributed by atoms with Crippen LogP contribution in [-0.4, -0.2) is 11.9 Å². The first-order valence-corrected chi connectivity index (χ1v) is 7.05. The zero-order valence-electron chi connectivity index (χ0n) is 14.8. The van der Waals surface area contributed by atoms with Gasteiger partial charge in [0.15, 0.2) is 0 Å². The molecule has 4 nitrogen and oxygen atoms in total. The van der Waals surface area contributed by atoms with Crippen LogP contribution in [-0.2, 0) is 9.59 Å². The van der Waals surface area contributed by atoms with Crippen molar-refractivity contribution < 1.29 is 78.9 Å². The van der Waals surface area contributed by atoms with E-state index in [1.807, 2.05) is 0 Å². The summed E-state index contributed by atoms with van der Waals surface area (Å²) < 4.78 is 0. The largest absolute Gasteiger partial charge is 1.00 e. The molecule has 0 amide bonds. The number of hydrogen-bond donors (Lipinski definition) is 0. The van der Waals surface area contributed by atoms with Crippen molar-refractivity contribution in [3.8, 4) is 0 Å². The monoisotopic (exact) mass is 326 g/mol. The molecule has 0 aromatic heterocycles. The molecule has 0 aliphatic carbocycles. The average molecular weight is 326 g/mol. The minimum absolute atomic E-state index is 0. The topological polar surface area (TPSA) is 80.3 Å². The minimum Gasteiger partial charge on any atom is -0.545 e. The molecule has 0 rings (SSSR count). The van der Waals surface area contributed by atoms with E-state index < -0.39 is 11.9 Å². The second-order valence-corrected chi connectivity index (χ2v) is 5.72. The van der Waals surface area contributed by atoms with Crippen LogP contribution in [0.1, 0.15) is 53.4 Å². The van der Waals surface area contributed by atoms with Gasteiger partial charge in [0.1, 0.15) is 0 Å². The van der Waals surface area contributed by atoms with Crippen LogP contribution in [0, 0.1) is 11.8 Å². The van der Waals surface area contributed by atoms with Gasteiger partial charge in [-0.1, -0.05) is 46.1 Å². The molecule has 0 heterocycles. The smallest absolute Gasteiger partial charge is 0.545 e. The fourth-order valence-corrected chi connectivity index (χ4v) is 1.97. The summed E-state index contributed by atoms with van der Waals surface area (Å²) in [5.41, 5.74) is 0.0873. The number of carboxylic acid groups (broad SMARTS) is 2. The van der Waals surface area contributed by atoms with E-state index in [2.05, 4.69) is 20.8 Å². The number of carboxylic acids is 2. The van der Waals surface area contributed by atoms with Crippen molar-refractivity contribution in [3.63, 3.8) is 0 Å². The summed E-state index contributed by atoms with van der Waals surface area (Å²) >= 11 is 0. The van der Waals surface area contributed by atoms with Gasteiger partial charge in [0.25, 0.3) is 0 Å². The molecule has 0 fully saturated rings. The minimum atomic E-state index is -1.40. The summed E-state index contributed by atoms with van der Waals surface area (Å²) in [7, 11) is 0. The van der Waals surface area contributed by atoms with Crippen molar-refractivity contribution in [2.24, 2.45) is 11.8 Å². The molecule has 0 bridgehead atoms. The number of allylic oxidation sites excluding steroid dienone is 1. The number of carbonyl (C=O) groups is 2. The van der Waals surface area contributed by atoms with Gasteiger partial charge in [-0.15, -0.1) is 0 Å². The summed E-state index contributed by atoms with van der Waals surface area (Å²) in [5, 5.41) is 21.5. The molecular weight excluding hydrogens is 302 g/mol. The van der Waals surface area contributed by atoms with Gasteiger partial charge in [0, 0.05) is 0 Å². The molecule has 0 saturated carbocycles. The molecule has 1 atom stereocenters. The van der Waals surface area contributed by atoms with E-state index in [1.165, 1.54) is 6.92 Å². The predicted octanol–water partition coefficient (Wildman–Crippen LogP) is -4.78. The maximum Gasteiger partial charge on any atom is 1.00 e. The Morgan fingerprint density at radius 3 is 2.00 bits per heavy atom. The van der Waals surface area contributed by atoms with Gasteiger partial charge >= 0.3 is 59.1 Å². The zero-order valence-corrected chi connectivity index (χ0v) is 18.8. The van der Waals surface area contributed by atoms with Crippen molar-refractivity contribution in [3.05, 3.63) is 23.3 Å². The SMILES string of the molecule is CC(=C\C(=O)[O-])/C(=C/CC(C)CCCC(C)C)C(=O)[O-].[Na+].[Na+]. The maximum absolute atomic E-state index is 11.0. The molecule has 0 spiro atoms. The molecule has 0 aliphatic heterocycles. The van der Waals surface area contributed by atoms with E-state index in [9.17, 15) is 19.8 Å². The van der Waals surface area contributed by atoms with E-state index in [1.54, 1.807) is 6.08 Å². The van der Waals surface area contributed by atoms with Crippen LogP contribution in [0.3, 0.4) is 0 Å². The van der Waals surface area contributed by atoms with Gasteiger partial charge in [-0.2, -0.15) is 0 Å². The molecule has 22 heavy (non-hydrogen) atoms. The van der Waals surface area contributed by atoms with Crippen LogP contribution < -0.4 is 69.3 Å². The third-order valence-electron chi connectivity index (χ3n) is 3.18. The zero-order chi connectivity index (χ0) is 15.7. The molecule has 0 saturated heterocycles. The molecule has 0 aromatic rings. The second kappa shape index (κ2) is 15.0. The third kappa shape index (κ3) is 14.0.